The first-order chi connectivity index (χ1) is 6.86. The molecule has 1 saturated carbocycles. The van der Waals surface area contributed by atoms with E-state index in [1.165, 1.54) is 30.6 Å². The third-order valence-corrected chi connectivity index (χ3v) is 3.91. The van der Waals surface area contributed by atoms with Gasteiger partial charge in [0, 0.05) is 23.7 Å². The summed E-state index contributed by atoms with van der Waals surface area (Å²) in [7, 11) is 0. The normalized spacial score (nSPS) is 27.8. The third kappa shape index (κ3) is 2.55. The molecule has 0 aromatic carbocycles. The lowest BCUT2D eigenvalue weighted by atomic mass is 9.86. The third-order valence-electron chi connectivity index (χ3n) is 3.13. The SMILES string of the molecule is C[C@@H]1CCCC[C@H]1NCc1cncs1. The van der Waals surface area contributed by atoms with Gasteiger partial charge in [-0.15, -0.1) is 11.3 Å². The van der Waals surface area contributed by atoms with Crippen LogP contribution in [0.3, 0.4) is 0 Å². The van der Waals surface area contributed by atoms with Crippen LogP contribution >= 0.6 is 11.3 Å². The fourth-order valence-corrected chi connectivity index (χ4v) is 2.73. The lowest BCUT2D eigenvalue weighted by Gasteiger charge is -2.29. The minimum atomic E-state index is 0.728. The molecule has 14 heavy (non-hydrogen) atoms. The highest BCUT2D eigenvalue weighted by Gasteiger charge is 2.20. The van der Waals surface area contributed by atoms with Gasteiger partial charge in [-0.2, -0.15) is 0 Å². The largest absolute Gasteiger partial charge is 0.309 e. The quantitative estimate of drug-likeness (QED) is 0.830. The van der Waals surface area contributed by atoms with E-state index in [2.05, 4.69) is 17.2 Å². The van der Waals surface area contributed by atoms with E-state index in [0.717, 1.165) is 18.5 Å². The van der Waals surface area contributed by atoms with Crippen molar-refractivity contribution in [3.8, 4) is 0 Å². The summed E-state index contributed by atoms with van der Waals surface area (Å²) >= 11 is 1.74. The van der Waals surface area contributed by atoms with E-state index in [9.17, 15) is 0 Å². The molecule has 1 aromatic heterocycles. The first-order valence-corrected chi connectivity index (χ1v) is 6.35. The maximum Gasteiger partial charge on any atom is 0.0794 e. The summed E-state index contributed by atoms with van der Waals surface area (Å²) < 4.78 is 0. The number of nitrogens with one attached hydrogen (secondary N) is 1. The van der Waals surface area contributed by atoms with Crippen LogP contribution in [0.4, 0.5) is 0 Å². The summed E-state index contributed by atoms with van der Waals surface area (Å²) in [6, 6.07) is 0.728. The van der Waals surface area contributed by atoms with E-state index in [4.69, 9.17) is 0 Å². The molecule has 0 aliphatic heterocycles. The lowest BCUT2D eigenvalue weighted by molar-refractivity contribution is 0.280. The van der Waals surface area contributed by atoms with Crippen LogP contribution in [0.2, 0.25) is 0 Å². The van der Waals surface area contributed by atoms with Crippen LogP contribution in [0, 0.1) is 5.92 Å². The molecule has 0 spiro atoms. The molecule has 0 saturated heterocycles. The predicted molar refractivity (Wildman–Crippen MR) is 60.4 cm³/mol. The van der Waals surface area contributed by atoms with Crippen LogP contribution in [-0.2, 0) is 6.54 Å². The van der Waals surface area contributed by atoms with Gasteiger partial charge in [-0.3, -0.25) is 4.98 Å². The highest BCUT2D eigenvalue weighted by Crippen LogP contribution is 2.24. The maximum absolute atomic E-state index is 4.08. The molecule has 1 aromatic rings. The van der Waals surface area contributed by atoms with E-state index >= 15 is 0 Å². The number of rotatable bonds is 3. The molecule has 2 atom stereocenters. The van der Waals surface area contributed by atoms with Crippen molar-refractivity contribution in [2.24, 2.45) is 5.92 Å². The molecule has 3 heteroatoms. The fraction of sp³-hybridized carbons (Fsp3) is 0.727. The van der Waals surface area contributed by atoms with E-state index in [-0.39, 0.29) is 0 Å². The zero-order valence-corrected chi connectivity index (χ0v) is 9.52. The number of nitrogens with zero attached hydrogens (tertiary/aromatic N) is 1. The monoisotopic (exact) mass is 210 g/mol. The Morgan fingerprint density at radius 2 is 2.36 bits per heavy atom. The van der Waals surface area contributed by atoms with Gasteiger partial charge in [-0.1, -0.05) is 19.8 Å². The van der Waals surface area contributed by atoms with Gasteiger partial charge in [-0.05, 0) is 18.8 Å². The van der Waals surface area contributed by atoms with Crippen LogP contribution in [0.25, 0.3) is 0 Å². The van der Waals surface area contributed by atoms with Crippen molar-refractivity contribution in [1.29, 1.82) is 0 Å². The minimum absolute atomic E-state index is 0.728. The summed E-state index contributed by atoms with van der Waals surface area (Å²) in [6.07, 6.45) is 7.51. The Hall–Kier alpha value is -0.410. The summed E-state index contributed by atoms with van der Waals surface area (Å²) in [4.78, 5) is 5.43. The van der Waals surface area contributed by atoms with E-state index < -0.39 is 0 Å². The molecule has 1 aliphatic carbocycles. The zero-order chi connectivity index (χ0) is 9.80. The van der Waals surface area contributed by atoms with Crippen molar-refractivity contribution >= 4 is 11.3 Å². The van der Waals surface area contributed by atoms with Crippen molar-refractivity contribution in [2.45, 2.75) is 45.2 Å². The molecule has 0 amide bonds. The van der Waals surface area contributed by atoms with Crippen LogP contribution in [-0.4, -0.2) is 11.0 Å². The van der Waals surface area contributed by atoms with Gasteiger partial charge in [0.15, 0.2) is 0 Å². The number of hydrogen-bond acceptors (Lipinski definition) is 3. The van der Waals surface area contributed by atoms with E-state index in [0.29, 0.717) is 0 Å². The summed E-state index contributed by atoms with van der Waals surface area (Å²) in [5.41, 5.74) is 1.90. The topological polar surface area (TPSA) is 24.9 Å². The number of hydrogen-bond donors (Lipinski definition) is 1. The van der Waals surface area contributed by atoms with Crippen molar-refractivity contribution in [2.75, 3.05) is 0 Å². The molecular weight excluding hydrogens is 192 g/mol. The second-order valence-corrected chi connectivity index (χ2v) is 5.19. The number of thiazole rings is 1. The van der Waals surface area contributed by atoms with Crippen LogP contribution in [0.5, 0.6) is 0 Å². The Morgan fingerprint density at radius 3 is 3.07 bits per heavy atom. The fourth-order valence-electron chi connectivity index (χ4n) is 2.18. The second-order valence-electron chi connectivity index (χ2n) is 4.22. The molecule has 0 unspecified atom stereocenters. The first kappa shape index (κ1) is 10.1. The van der Waals surface area contributed by atoms with E-state index in [1.54, 1.807) is 11.3 Å². The Bertz CT molecular complexity index is 258. The smallest absolute Gasteiger partial charge is 0.0794 e. The molecule has 2 rings (SSSR count). The van der Waals surface area contributed by atoms with Gasteiger partial charge in [0.05, 0.1) is 5.51 Å². The number of aromatic nitrogens is 1. The molecule has 2 nitrogen and oxygen atoms in total. The summed E-state index contributed by atoms with van der Waals surface area (Å²) in [5, 5.41) is 3.64. The van der Waals surface area contributed by atoms with Crippen molar-refractivity contribution in [1.82, 2.24) is 10.3 Å². The lowest BCUT2D eigenvalue weighted by Crippen LogP contribution is -2.36. The summed E-state index contributed by atoms with van der Waals surface area (Å²) in [5.74, 6) is 0.844. The first-order valence-electron chi connectivity index (χ1n) is 5.47. The highest BCUT2D eigenvalue weighted by atomic mass is 32.1. The molecule has 0 bridgehead atoms. The van der Waals surface area contributed by atoms with Crippen LogP contribution in [0.15, 0.2) is 11.7 Å². The zero-order valence-electron chi connectivity index (χ0n) is 8.70. The average Bonchev–Trinajstić information content (AvgIpc) is 2.69. The van der Waals surface area contributed by atoms with Crippen molar-refractivity contribution < 1.29 is 0 Å². The maximum atomic E-state index is 4.08. The molecule has 1 heterocycles. The standard InChI is InChI=1S/C11H18N2S/c1-9-4-2-3-5-11(9)13-7-10-6-12-8-14-10/h6,8-9,11,13H,2-5,7H2,1H3/t9-,11-/m1/s1. The Morgan fingerprint density at radius 1 is 1.50 bits per heavy atom. The van der Waals surface area contributed by atoms with Gasteiger partial charge >= 0.3 is 0 Å². The van der Waals surface area contributed by atoms with Crippen LogP contribution < -0.4 is 5.32 Å². The molecule has 1 N–H and O–H groups in total. The molecular formula is C11H18N2S. The Kier molecular flexibility index (Phi) is 3.54. The van der Waals surface area contributed by atoms with E-state index in [1.807, 2.05) is 11.7 Å². The molecule has 1 aliphatic rings. The molecule has 78 valence electrons. The second kappa shape index (κ2) is 4.89. The van der Waals surface area contributed by atoms with Gasteiger partial charge in [-0.25, -0.2) is 0 Å². The van der Waals surface area contributed by atoms with Gasteiger partial charge in [0.25, 0.3) is 0 Å². The Labute approximate surface area is 89.8 Å². The van der Waals surface area contributed by atoms with Crippen molar-refractivity contribution in [3.05, 3.63) is 16.6 Å². The van der Waals surface area contributed by atoms with Crippen molar-refractivity contribution in [3.63, 3.8) is 0 Å². The van der Waals surface area contributed by atoms with Gasteiger partial charge in [0.1, 0.15) is 0 Å². The van der Waals surface area contributed by atoms with Gasteiger partial charge < -0.3 is 5.32 Å². The average molecular weight is 210 g/mol. The summed E-state index contributed by atoms with van der Waals surface area (Å²) in [6.45, 7) is 3.36. The Balaban J connectivity index is 1.79. The minimum Gasteiger partial charge on any atom is -0.309 e. The van der Waals surface area contributed by atoms with Crippen LogP contribution in [0.1, 0.15) is 37.5 Å². The highest BCUT2D eigenvalue weighted by molar-refractivity contribution is 7.09. The predicted octanol–water partition coefficient (Wildman–Crippen LogP) is 2.81. The molecule has 1 fully saturated rings. The molecule has 0 radical (unpaired) electrons. The van der Waals surface area contributed by atoms with Gasteiger partial charge in [0.2, 0.25) is 0 Å².